The Morgan fingerprint density at radius 3 is 2.61 bits per heavy atom. The van der Waals surface area contributed by atoms with Crippen molar-refractivity contribution in [2.45, 2.75) is 9.79 Å². The Bertz CT molecular complexity index is 605. The Hall–Kier alpha value is -2.12. The van der Waals surface area contributed by atoms with Gasteiger partial charge in [0.25, 0.3) is 0 Å². The van der Waals surface area contributed by atoms with Gasteiger partial charge in [0.15, 0.2) is 0 Å². The van der Waals surface area contributed by atoms with Crippen LogP contribution < -0.4 is 10.5 Å². The van der Waals surface area contributed by atoms with Crippen molar-refractivity contribution < 1.29 is 4.74 Å². The minimum absolute atomic E-state index is 0.505. The lowest BCUT2D eigenvalue weighted by Gasteiger charge is -2.05. The molecule has 0 heterocycles. The summed E-state index contributed by atoms with van der Waals surface area (Å²) in [6.45, 7) is 0. The third-order valence-corrected chi connectivity index (χ3v) is 3.40. The lowest BCUT2D eigenvalue weighted by atomic mass is 10.2. The van der Waals surface area contributed by atoms with Gasteiger partial charge in [-0.2, -0.15) is 5.26 Å². The number of nitrogens with two attached hydrogens (primary N) is 1. The molecule has 2 aromatic rings. The number of anilines is 1. The standard InChI is InChI=1S/C14H12N2OS/c1-17-11-3-2-4-12(7-11)18-13-6-5-10(9-15)14(16)8-13/h2-8H,16H2,1H3. The van der Waals surface area contributed by atoms with Crippen LogP contribution in [0.15, 0.2) is 52.3 Å². The number of nitriles is 1. The summed E-state index contributed by atoms with van der Waals surface area (Å²) in [6, 6.07) is 15.3. The number of benzene rings is 2. The van der Waals surface area contributed by atoms with E-state index >= 15 is 0 Å². The van der Waals surface area contributed by atoms with Gasteiger partial charge < -0.3 is 10.5 Å². The Morgan fingerprint density at radius 2 is 1.94 bits per heavy atom. The Labute approximate surface area is 110 Å². The Kier molecular flexibility index (Phi) is 3.75. The topological polar surface area (TPSA) is 59.0 Å². The molecule has 0 spiro atoms. The highest BCUT2D eigenvalue weighted by molar-refractivity contribution is 7.99. The van der Waals surface area contributed by atoms with Gasteiger partial charge in [-0.25, -0.2) is 0 Å². The summed E-state index contributed by atoms with van der Waals surface area (Å²) >= 11 is 1.58. The summed E-state index contributed by atoms with van der Waals surface area (Å²) in [5, 5.41) is 8.81. The molecule has 0 aliphatic rings. The number of hydrogen-bond acceptors (Lipinski definition) is 4. The normalized spacial score (nSPS) is 9.78. The molecule has 0 bridgehead atoms. The average molecular weight is 256 g/mol. The number of rotatable bonds is 3. The van der Waals surface area contributed by atoms with Crippen LogP contribution in [0.25, 0.3) is 0 Å². The molecule has 2 rings (SSSR count). The van der Waals surface area contributed by atoms with Crippen molar-refractivity contribution in [3.05, 3.63) is 48.0 Å². The van der Waals surface area contributed by atoms with E-state index in [1.54, 1.807) is 24.9 Å². The minimum atomic E-state index is 0.505. The van der Waals surface area contributed by atoms with Gasteiger partial charge in [-0.15, -0.1) is 0 Å². The highest BCUT2D eigenvalue weighted by atomic mass is 32.2. The molecule has 0 saturated heterocycles. The molecule has 0 aromatic heterocycles. The summed E-state index contributed by atoms with van der Waals surface area (Å²) in [6.07, 6.45) is 0. The molecule has 90 valence electrons. The Balaban J connectivity index is 2.23. The maximum atomic E-state index is 8.81. The van der Waals surface area contributed by atoms with Gasteiger partial charge >= 0.3 is 0 Å². The second kappa shape index (κ2) is 5.48. The van der Waals surface area contributed by atoms with E-state index in [2.05, 4.69) is 6.07 Å². The predicted molar refractivity (Wildman–Crippen MR) is 72.7 cm³/mol. The summed E-state index contributed by atoms with van der Waals surface area (Å²) in [4.78, 5) is 2.07. The zero-order valence-corrected chi connectivity index (χ0v) is 10.7. The van der Waals surface area contributed by atoms with E-state index in [1.807, 2.05) is 36.4 Å². The fourth-order valence-corrected chi connectivity index (χ4v) is 2.42. The van der Waals surface area contributed by atoms with Crippen LogP contribution in [0.1, 0.15) is 5.56 Å². The van der Waals surface area contributed by atoms with Crippen LogP contribution in [0.5, 0.6) is 5.75 Å². The summed E-state index contributed by atoms with van der Waals surface area (Å²) < 4.78 is 5.17. The highest BCUT2D eigenvalue weighted by Gasteiger charge is 2.03. The molecule has 0 atom stereocenters. The van der Waals surface area contributed by atoms with Crippen molar-refractivity contribution in [3.63, 3.8) is 0 Å². The number of hydrogen-bond donors (Lipinski definition) is 1. The number of methoxy groups -OCH3 is 1. The molecule has 0 radical (unpaired) electrons. The minimum Gasteiger partial charge on any atom is -0.497 e. The first-order valence-electron chi connectivity index (χ1n) is 5.34. The molecule has 3 nitrogen and oxygen atoms in total. The van der Waals surface area contributed by atoms with Crippen LogP contribution in [0, 0.1) is 11.3 Å². The fourth-order valence-electron chi connectivity index (χ4n) is 1.51. The summed E-state index contributed by atoms with van der Waals surface area (Å²) in [5.74, 6) is 0.821. The van der Waals surface area contributed by atoms with Crippen LogP contribution >= 0.6 is 11.8 Å². The lowest BCUT2D eigenvalue weighted by Crippen LogP contribution is -1.90. The van der Waals surface area contributed by atoms with Gasteiger partial charge in [-0.05, 0) is 36.4 Å². The third-order valence-electron chi connectivity index (χ3n) is 2.42. The van der Waals surface area contributed by atoms with E-state index < -0.39 is 0 Å². The SMILES string of the molecule is COc1cccc(Sc2ccc(C#N)c(N)c2)c1. The second-order valence-corrected chi connectivity index (χ2v) is 4.79. The number of nitrogen functional groups attached to an aromatic ring is 1. The van der Waals surface area contributed by atoms with E-state index in [1.165, 1.54) is 0 Å². The van der Waals surface area contributed by atoms with E-state index in [-0.39, 0.29) is 0 Å². The maximum Gasteiger partial charge on any atom is 0.119 e. The molecule has 0 aliphatic heterocycles. The molecule has 4 heteroatoms. The quantitative estimate of drug-likeness (QED) is 0.856. The van der Waals surface area contributed by atoms with Gasteiger partial charge in [0.1, 0.15) is 11.8 Å². The van der Waals surface area contributed by atoms with E-state index in [4.69, 9.17) is 15.7 Å². The van der Waals surface area contributed by atoms with Crippen molar-refractivity contribution in [1.82, 2.24) is 0 Å². The molecule has 0 aliphatic carbocycles. The van der Waals surface area contributed by atoms with Crippen LogP contribution in [0.2, 0.25) is 0 Å². The number of ether oxygens (including phenoxy) is 1. The first-order valence-corrected chi connectivity index (χ1v) is 6.16. The van der Waals surface area contributed by atoms with Gasteiger partial charge in [0.05, 0.1) is 18.4 Å². The maximum absolute atomic E-state index is 8.81. The van der Waals surface area contributed by atoms with Crippen molar-refractivity contribution in [2.24, 2.45) is 0 Å². The van der Waals surface area contributed by atoms with Crippen LogP contribution in [-0.4, -0.2) is 7.11 Å². The van der Waals surface area contributed by atoms with Gasteiger partial charge in [-0.3, -0.25) is 0 Å². The molecule has 18 heavy (non-hydrogen) atoms. The van der Waals surface area contributed by atoms with Crippen molar-refractivity contribution >= 4 is 17.4 Å². The smallest absolute Gasteiger partial charge is 0.119 e. The zero-order valence-electron chi connectivity index (χ0n) is 9.88. The predicted octanol–water partition coefficient (Wildman–Crippen LogP) is 3.30. The van der Waals surface area contributed by atoms with Crippen LogP contribution in [0.3, 0.4) is 0 Å². The molecule has 0 fully saturated rings. The average Bonchev–Trinajstić information content (AvgIpc) is 2.39. The van der Waals surface area contributed by atoms with Gasteiger partial charge in [-0.1, -0.05) is 17.8 Å². The zero-order chi connectivity index (χ0) is 13.0. The second-order valence-electron chi connectivity index (χ2n) is 3.64. The molecule has 0 saturated carbocycles. The van der Waals surface area contributed by atoms with E-state index in [0.717, 1.165) is 15.5 Å². The molecular formula is C14H12N2OS. The monoisotopic (exact) mass is 256 g/mol. The molecule has 2 N–H and O–H groups in total. The molecule has 0 amide bonds. The van der Waals surface area contributed by atoms with Crippen LogP contribution in [-0.2, 0) is 0 Å². The summed E-state index contributed by atoms with van der Waals surface area (Å²) in [7, 11) is 1.64. The molecule has 0 unspecified atom stereocenters. The van der Waals surface area contributed by atoms with E-state index in [0.29, 0.717) is 11.3 Å². The lowest BCUT2D eigenvalue weighted by molar-refractivity contribution is 0.413. The Morgan fingerprint density at radius 1 is 1.17 bits per heavy atom. The van der Waals surface area contributed by atoms with E-state index in [9.17, 15) is 0 Å². The molecule has 2 aromatic carbocycles. The van der Waals surface area contributed by atoms with Gasteiger partial charge in [0, 0.05) is 9.79 Å². The van der Waals surface area contributed by atoms with Crippen molar-refractivity contribution in [3.8, 4) is 11.8 Å². The third kappa shape index (κ3) is 2.76. The first-order chi connectivity index (χ1) is 8.72. The van der Waals surface area contributed by atoms with Crippen molar-refractivity contribution in [2.75, 3.05) is 12.8 Å². The molecular weight excluding hydrogens is 244 g/mol. The number of nitrogens with zero attached hydrogens (tertiary/aromatic N) is 1. The largest absolute Gasteiger partial charge is 0.497 e. The first kappa shape index (κ1) is 12.3. The van der Waals surface area contributed by atoms with Gasteiger partial charge in [0.2, 0.25) is 0 Å². The van der Waals surface area contributed by atoms with Crippen molar-refractivity contribution in [1.29, 1.82) is 5.26 Å². The highest BCUT2D eigenvalue weighted by Crippen LogP contribution is 2.31. The fraction of sp³-hybridized carbons (Fsp3) is 0.0714. The summed E-state index contributed by atoms with van der Waals surface area (Å²) in [5.41, 5.74) is 6.79. The van der Waals surface area contributed by atoms with Crippen LogP contribution in [0.4, 0.5) is 5.69 Å².